The fraction of sp³-hybridized carbons (Fsp3) is 0.619. The Bertz CT molecular complexity index is 807. The molecule has 2 fully saturated rings. The fourth-order valence-corrected chi connectivity index (χ4v) is 4.38. The molecule has 1 saturated heterocycles. The monoisotopic (exact) mass is 427 g/mol. The van der Waals surface area contributed by atoms with Gasteiger partial charge in [-0.15, -0.1) is 0 Å². The Kier molecular flexibility index (Phi) is 6.04. The van der Waals surface area contributed by atoms with E-state index in [9.17, 15) is 22.8 Å². The van der Waals surface area contributed by atoms with Gasteiger partial charge < -0.3 is 20.7 Å². The topological polar surface area (TPSA) is 79.5 Å². The predicted molar refractivity (Wildman–Crippen MR) is 104 cm³/mol. The fourth-order valence-electron chi connectivity index (χ4n) is 4.38. The number of halogens is 3. The molecule has 9 heteroatoms. The number of fused-ring (bicyclic) bond motifs is 1. The first-order valence-corrected chi connectivity index (χ1v) is 10.0. The Morgan fingerprint density at radius 1 is 1.27 bits per heavy atom. The number of ether oxygens (including phenoxy) is 1. The first-order valence-electron chi connectivity index (χ1n) is 10.0. The van der Waals surface area contributed by atoms with E-state index in [-0.39, 0.29) is 24.4 Å². The van der Waals surface area contributed by atoms with E-state index >= 15 is 0 Å². The molecule has 1 heterocycles. The van der Waals surface area contributed by atoms with Crippen LogP contribution in [0.1, 0.15) is 44.7 Å². The molecule has 3 rings (SSSR count). The highest BCUT2D eigenvalue weighted by molar-refractivity contribution is 5.84. The molecule has 2 amide bonds. The number of hydrogen-bond acceptors (Lipinski definition) is 4. The van der Waals surface area contributed by atoms with Crippen LogP contribution in [0.15, 0.2) is 24.3 Å². The van der Waals surface area contributed by atoms with Crippen LogP contribution in [0.4, 0.5) is 18.0 Å². The number of benzene rings is 1. The van der Waals surface area contributed by atoms with Crippen molar-refractivity contribution in [2.24, 2.45) is 11.3 Å². The van der Waals surface area contributed by atoms with Gasteiger partial charge in [-0.2, -0.15) is 13.2 Å². The van der Waals surface area contributed by atoms with Crippen molar-refractivity contribution in [3.05, 3.63) is 35.4 Å². The highest BCUT2D eigenvalue weighted by Gasteiger charge is 2.55. The summed E-state index contributed by atoms with van der Waals surface area (Å²) in [6.07, 6.45) is -3.84. The molecule has 166 valence electrons. The van der Waals surface area contributed by atoms with E-state index < -0.39 is 28.8 Å². The Morgan fingerprint density at radius 3 is 2.67 bits per heavy atom. The van der Waals surface area contributed by atoms with Crippen molar-refractivity contribution in [3.63, 3.8) is 0 Å². The summed E-state index contributed by atoms with van der Waals surface area (Å²) in [6, 6.07) is 4.75. The standard InChI is InChI=1S/C21H28F3N3O3/c1-19(2,3)30-18(29)27-16-8-15-11-25-12-20(15,9-16)17(28)26-10-13-5-4-6-14(7-13)21(22,23)24/h4-7,15-16,25H,8-12H2,1-3H3,(H,26,28)(H,27,29)/t15-,16+,20-/m0/s1. The lowest BCUT2D eigenvalue weighted by Gasteiger charge is -2.27. The number of nitrogens with one attached hydrogen (secondary N) is 3. The van der Waals surface area contributed by atoms with E-state index in [1.165, 1.54) is 6.07 Å². The van der Waals surface area contributed by atoms with E-state index in [1.807, 2.05) is 0 Å². The minimum atomic E-state index is -4.43. The molecule has 6 nitrogen and oxygen atoms in total. The maximum atomic E-state index is 13.0. The van der Waals surface area contributed by atoms with E-state index in [2.05, 4.69) is 16.0 Å². The van der Waals surface area contributed by atoms with Crippen molar-refractivity contribution in [1.82, 2.24) is 16.0 Å². The van der Waals surface area contributed by atoms with Crippen molar-refractivity contribution < 1.29 is 27.5 Å². The van der Waals surface area contributed by atoms with Gasteiger partial charge in [-0.25, -0.2) is 4.79 Å². The second-order valence-corrected chi connectivity index (χ2v) is 9.15. The minimum Gasteiger partial charge on any atom is -0.444 e. The van der Waals surface area contributed by atoms with Crippen LogP contribution in [-0.4, -0.2) is 36.7 Å². The highest BCUT2D eigenvalue weighted by Crippen LogP contribution is 2.46. The molecule has 3 atom stereocenters. The van der Waals surface area contributed by atoms with Gasteiger partial charge in [0.25, 0.3) is 0 Å². The third-order valence-corrected chi connectivity index (χ3v) is 5.67. The molecule has 1 aromatic carbocycles. The van der Waals surface area contributed by atoms with Crippen LogP contribution in [0, 0.1) is 11.3 Å². The Hall–Kier alpha value is -2.29. The molecule has 0 bridgehead atoms. The molecule has 1 aliphatic carbocycles. The van der Waals surface area contributed by atoms with Crippen LogP contribution in [0.3, 0.4) is 0 Å². The van der Waals surface area contributed by atoms with Crippen LogP contribution in [-0.2, 0) is 22.3 Å². The Morgan fingerprint density at radius 2 is 2.00 bits per heavy atom. The lowest BCUT2D eigenvalue weighted by atomic mass is 9.79. The van der Waals surface area contributed by atoms with Gasteiger partial charge in [0.05, 0.1) is 11.0 Å². The average Bonchev–Trinajstić information content (AvgIpc) is 3.15. The number of alkyl carbamates (subject to hydrolysis) is 1. The van der Waals surface area contributed by atoms with E-state index in [1.54, 1.807) is 26.8 Å². The van der Waals surface area contributed by atoms with Gasteiger partial charge >= 0.3 is 12.3 Å². The molecule has 1 aromatic rings. The zero-order valence-corrected chi connectivity index (χ0v) is 17.4. The second-order valence-electron chi connectivity index (χ2n) is 9.15. The molecule has 1 saturated carbocycles. The molecular formula is C21H28F3N3O3. The smallest absolute Gasteiger partial charge is 0.416 e. The van der Waals surface area contributed by atoms with Gasteiger partial charge in [-0.3, -0.25) is 4.79 Å². The number of amides is 2. The summed E-state index contributed by atoms with van der Waals surface area (Å²) in [5.74, 6) is -0.164. The number of carbonyl (C=O) groups excluding carboxylic acids is 2. The lowest BCUT2D eigenvalue weighted by Crippen LogP contribution is -2.45. The highest BCUT2D eigenvalue weighted by atomic mass is 19.4. The third kappa shape index (κ3) is 5.06. The number of alkyl halides is 3. The van der Waals surface area contributed by atoms with Gasteiger partial charge in [0, 0.05) is 19.1 Å². The predicted octanol–water partition coefficient (Wildman–Crippen LogP) is 3.21. The van der Waals surface area contributed by atoms with Crippen LogP contribution in [0.25, 0.3) is 0 Å². The van der Waals surface area contributed by atoms with Crippen molar-refractivity contribution in [2.45, 2.75) is 58.0 Å². The number of rotatable bonds is 4. The van der Waals surface area contributed by atoms with E-state index in [0.29, 0.717) is 31.5 Å². The molecule has 2 aliphatic rings. The minimum absolute atomic E-state index is 0.0153. The van der Waals surface area contributed by atoms with Crippen molar-refractivity contribution in [1.29, 1.82) is 0 Å². The summed E-state index contributed by atoms with van der Waals surface area (Å²) in [5, 5.41) is 8.88. The quantitative estimate of drug-likeness (QED) is 0.690. The molecule has 0 spiro atoms. The van der Waals surface area contributed by atoms with Gasteiger partial charge in [0.2, 0.25) is 5.91 Å². The normalized spacial score (nSPS) is 26.2. The summed E-state index contributed by atoms with van der Waals surface area (Å²) in [7, 11) is 0. The zero-order chi connectivity index (χ0) is 22.2. The SMILES string of the molecule is CC(C)(C)OC(=O)N[C@@H]1C[C@H]2CNC[C@@]2(C(=O)NCc2cccc(C(F)(F)F)c2)C1. The van der Waals surface area contributed by atoms with Gasteiger partial charge in [-0.1, -0.05) is 12.1 Å². The van der Waals surface area contributed by atoms with Crippen molar-refractivity contribution in [3.8, 4) is 0 Å². The van der Waals surface area contributed by atoms with Gasteiger partial charge in [-0.05, 0) is 63.8 Å². The molecule has 0 radical (unpaired) electrons. The summed E-state index contributed by atoms with van der Waals surface area (Å²) in [6.45, 7) is 6.48. The number of hydrogen-bond donors (Lipinski definition) is 3. The van der Waals surface area contributed by atoms with Crippen LogP contribution in [0.5, 0.6) is 0 Å². The molecule has 0 aromatic heterocycles. The summed E-state index contributed by atoms with van der Waals surface area (Å²) < 4.78 is 44.0. The van der Waals surface area contributed by atoms with Crippen LogP contribution in [0.2, 0.25) is 0 Å². The zero-order valence-electron chi connectivity index (χ0n) is 17.4. The first kappa shape index (κ1) is 22.4. The summed E-state index contributed by atoms with van der Waals surface area (Å²) in [5.41, 5.74) is -1.66. The van der Waals surface area contributed by atoms with Gasteiger partial charge in [0.15, 0.2) is 0 Å². The molecule has 1 aliphatic heterocycles. The van der Waals surface area contributed by atoms with Crippen LogP contribution >= 0.6 is 0 Å². The molecular weight excluding hydrogens is 399 g/mol. The van der Waals surface area contributed by atoms with Gasteiger partial charge in [0.1, 0.15) is 5.60 Å². The van der Waals surface area contributed by atoms with Crippen molar-refractivity contribution >= 4 is 12.0 Å². The summed E-state index contributed by atoms with van der Waals surface area (Å²) in [4.78, 5) is 25.1. The Balaban J connectivity index is 1.63. The number of carbonyl (C=O) groups is 2. The Labute approximate surface area is 173 Å². The first-order chi connectivity index (χ1) is 13.9. The van der Waals surface area contributed by atoms with Crippen LogP contribution < -0.4 is 16.0 Å². The van der Waals surface area contributed by atoms with Crippen molar-refractivity contribution in [2.75, 3.05) is 13.1 Å². The van der Waals surface area contributed by atoms with E-state index in [0.717, 1.165) is 12.1 Å². The molecule has 30 heavy (non-hydrogen) atoms. The average molecular weight is 427 g/mol. The van der Waals surface area contributed by atoms with E-state index in [4.69, 9.17) is 4.74 Å². The summed E-state index contributed by atoms with van der Waals surface area (Å²) >= 11 is 0. The molecule has 0 unspecified atom stereocenters. The lowest BCUT2D eigenvalue weighted by molar-refractivity contribution is -0.137. The molecule has 3 N–H and O–H groups in total. The second kappa shape index (κ2) is 8.09. The maximum Gasteiger partial charge on any atom is 0.416 e. The largest absolute Gasteiger partial charge is 0.444 e. The maximum absolute atomic E-state index is 13.0. The third-order valence-electron chi connectivity index (χ3n) is 5.67.